The molecule has 3 N–H and O–H groups in total. The average molecular weight is 595 g/mol. The lowest BCUT2D eigenvalue weighted by atomic mass is 10.1. The molecule has 232 valence electrons. The molecule has 2 aromatic rings. The van der Waals surface area contributed by atoms with E-state index in [1.165, 1.54) is 18.1 Å². The van der Waals surface area contributed by atoms with Crippen LogP contribution >= 0.6 is 0 Å². The van der Waals surface area contributed by atoms with Crippen molar-refractivity contribution in [1.29, 1.82) is 5.26 Å². The molecule has 0 aliphatic carbocycles. The molecule has 0 saturated heterocycles. The lowest BCUT2D eigenvalue weighted by Crippen LogP contribution is -2.55. The summed E-state index contributed by atoms with van der Waals surface area (Å²) in [6.45, 7) is 7.89. The van der Waals surface area contributed by atoms with E-state index in [4.69, 9.17) is 9.26 Å². The lowest BCUT2D eigenvalue weighted by Gasteiger charge is -2.23. The monoisotopic (exact) mass is 594 g/mol. The molecule has 0 aliphatic heterocycles. The van der Waals surface area contributed by atoms with Crippen molar-refractivity contribution < 1.29 is 28.4 Å². The summed E-state index contributed by atoms with van der Waals surface area (Å²) < 4.78 is 10.1. The highest BCUT2D eigenvalue weighted by Gasteiger charge is 2.28. The van der Waals surface area contributed by atoms with E-state index in [-0.39, 0.29) is 48.6 Å². The molecule has 0 unspecified atom stereocenters. The number of carbonyl (C=O) groups excluding carboxylic acids is 4. The van der Waals surface area contributed by atoms with Gasteiger partial charge < -0.3 is 30.1 Å². The van der Waals surface area contributed by atoms with Gasteiger partial charge in [0, 0.05) is 33.3 Å². The van der Waals surface area contributed by atoms with Crippen LogP contribution in [0, 0.1) is 31.1 Å². The second-order valence-corrected chi connectivity index (χ2v) is 10.7. The van der Waals surface area contributed by atoms with Gasteiger partial charge in [-0.15, -0.1) is 0 Å². The fourth-order valence-electron chi connectivity index (χ4n) is 4.11. The zero-order valence-corrected chi connectivity index (χ0v) is 25.7. The maximum atomic E-state index is 13.2. The summed E-state index contributed by atoms with van der Waals surface area (Å²) in [6.07, 6.45) is 2.93. The van der Waals surface area contributed by atoms with Gasteiger partial charge in [0.15, 0.2) is 5.69 Å². The number of carbonyl (C=O) groups is 4. The molecule has 2 atom stereocenters. The Bertz CT molecular complexity index is 1310. The molecule has 0 fully saturated rings. The zero-order valence-electron chi connectivity index (χ0n) is 25.7. The van der Waals surface area contributed by atoms with E-state index in [0.29, 0.717) is 25.1 Å². The van der Waals surface area contributed by atoms with Gasteiger partial charge in [0.05, 0.1) is 6.61 Å². The van der Waals surface area contributed by atoms with Crippen molar-refractivity contribution in [3.63, 3.8) is 0 Å². The third-order valence-corrected chi connectivity index (χ3v) is 6.47. The molecule has 12 nitrogen and oxygen atoms in total. The van der Waals surface area contributed by atoms with E-state index in [1.807, 2.05) is 51.1 Å². The molecule has 43 heavy (non-hydrogen) atoms. The van der Waals surface area contributed by atoms with Crippen LogP contribution in [0.4, 0.5) is 0 Å². The Hall–Kier alpha value is -4.50. The fraction of sp³-hybridized carbons (Fsp3) is 0.484. The number of hydrogen-bond acceptors (Lipinski definition) is 8. The molecule has 0 aliphatic rings. The van der Waals surface area contributed by atoms with Crippen LogP contribution in [-0.4, -0.2) is 73.1 Å². The third-order valence-electron chi connectivity index (χ3n) is 6.47. The molecule has 1 aromatic heterocycles. The van der Waals surface area contributed by atoms with Crippen molar-refractivity contribution in [1.82, 2.24) is 26.0 Å². The number of aryl methyl sites for hydroxylation is 2. The minimum Gasteiger partial charge on any atom is -0.382 e. The first-order valence-corrected chi connectivity index (χ1v) is 14.2. The predicted octanol–water partition coefficient (Wildman–Crippen LogP) is 2.57. The number of nitriles is 1. The number of likely N-dealkylation sites (N-methyl/N-ethyl adjacent to an activating group) is 1. The molecular weight excluding hydrogens is 552 g/mol. The second kappa shape index (κ2) is 17.5. The third kappa shape index (κ3) is 11.7. The maximum Gasteiger partial charge on any atom is 0.274 e. The van der Waals surface area contributed by atoms with Gasteiger partial charge in [-0.25, -0.2) is 0 Å². The van der Waals surface area contributed by atoms with Crippen LogP contribution in [0.25, 0.3) is 0 Å². The molecule has 0 spiro atoms. The highest BCUT2D eigenvalue weighted by atomic mass is 16.5. The molecule has 2 rings (SSSR count). The molecular formula is C31H42N6O6. The van der Waals surface area contributed by atoms with Crippen molar-refractivity contribution in [2.45, 2.75) is 65.6 Å². The van der Waals surface area contributed by atoms with Gasteiger partial charge in [-0.1, -0.05) is 54.9 Å². The second-order valence-electron chi connectivity index (χ2n) is 10.7. The van der Waals surface area contributed by atoms with Crippen LogP contribution in [0.3, 0.4) is 0 Å². The smallest absolute Gasteiger partial charge is 0.274 e. The molecule has 4 amide bonds. The standard InChI is InChI=1S/C31H42N6O6/c1-20(2)15-24(17-32)31(41)37(5)14-8-7-9-25(28(38)33-18-23-12-10-21(3)11-13-23)34-30(40)27(19-42-6)35-29(39)26-16-22(4)43-36-26/h10-13,15-16,20,25,27H,7-9,14,18-19H2,1-6H3,(H,33,38)(H,34,40)(H,35,39)/t25-,27-/m0/s1. The highest BCUT2D eigenvalue weighted by Crippen LogP contribution is 2.10. The molecule has 1 aromatic carbocycles. The summed E-state index contributed by atoms with van der Waals surface area (Å²) in [4.78, 5) is 53.2. The van der Waals surface area contributed by atoms with E-state index in [9.17, 15) is 24.4 Å². The number of aromatic nitrogens is 1. The first-order chi connectivity index (χ1) is 20.4. The normalized spacial score (nSPS) is 12.7. The maximum absolute atomic E-state index is 13.2. The Morgan fingerprint density at radius 1 is 1.07 bits per heavy atom. The Morgan fingerprint density at radius 3 is 2.35 bits per heavy atom. The summed E-state index contributed by atoms with van der Waals surface area (Å²) in [7, 11) is 3.01. The first-order valence-electron chi connectivity index (χ1n) is 14.2. The number of unbranched alkanes of at least 4 members (excludes halogenated alkanes) is 1. The molecule has 1 heterocycles. The topological polar surface area (TPSA) is 167 Å². The number of hydrogen-bond donors (Lipinski definition) is 3. The summed E-state index contributed by atoms with van der Waals surface area (Å²) in [5, 5.41) is 21.2. The van der Waals surface area contributed by atoms with Gasteiger partial charge in [-0.2, -0.15) is 5.26 Å². The van der Waals surface area contributed by atoms with Crippen LogP contribution in [0.2, 0.25) is 0 Å². The number of nitrogens with zero attached hydrogens (tertiary/aromatic N) is 3. The largest absolute Gasteiger partial charge is 0.382 e. The van der Waals surface area contributed by atoms with Crippen LogP contribution in [-0.2, 0) is 25.7 Å². The van der Waals surface area contributed by atoms with E-state index < -0.39 is 23.9 Å². The Balaban J connectivity index is 2.08. The van der Waals surface area contributed by atoms with Crippen molar-refractivity contribution in [2.24, 2.45) is 5.92 Å². The summed E-state index contributed by atoms with van der Waals surface area (Å²) in [5.41, 5.74) is 2.10. The number of amides is 4. The minimum absolute atomic E-state index is 0.0141. The minimum atomic E-state index is -1.09. The first kappa shape index (κ1) is 34.7. The average Bonchev–Trinajstić information content (AvgIpc) is 3.42. The lowest BCUT2D eigenvalue weighted by molar-refractivity contribution is -0.130. The van der Waals surface area contributed by atoms with Gasteiger partial charge in [0.25, 0.3) is 11.8 Å². The molecule has 0 radical (unpaired) electrons. The Morgan fingerprint density at radius 2 is 1.77 bits per heavy atom. The molecule has 0 saturated carbocycles. The summed E-state index contributed by atoms with van der Waals surface area (Å²) in [5.74, 6) is -1.48. The molecule has 0 bridgehead atoms. The van der Waals surface area contributed by atoms with Gasteiger partial charge >= 0.3 is 0 Å². The van der Waals surface area contributed by atoms with E-state index in [0.717, 1.165) is 11.1 Å². The fourth-order valence-corrected chi connectivity index (χ4v) is 4.11. The van der Waals surface area contributed by atoms with Crippen molar-refractivity contribution >= 4 is 23.6 Å². The predicted molar refractivity (Wildman–Crippen MR) is 159 cm³/mol. The van der Waals surface area contributed by atoms with E-state index in [1.54, 1.807) is 20.0 Å². The Labute approximate surface area is 252 Å². The van der Waals surface area contributed by atoms with E-state index >= 15 is 0 Å². The number of methoxy groups -OCH3 is 1. The van der Waals surface area contributed by atoms with Crippen molar-refractivity contribution in [2.75, 3.05) is 27.3 Å². The highest BCUT2D eigenvalue weighted by molar-refractivity contribution is 5.97. The van der Waals surface area contributed by atoms with Crippen LogP contribution < -0.4 is 16.0 Å². The van der Waals surface area contributed by atoms with Gasteiger partial charge in [0.2, 0.25) is 11.8 Å². The van der Waals surface area contributed by atoms with Gasteiger partial charge in [-0.05, 0) is 44.6 Å². The summed E-state index contributed by atoms with van der Waals surface area (Å²) >= 11 is 0. The van der Waals surface area contributed by atoms with Gasteiger partial charge in [0.1, 0.15) is 29.5 Å². The Kier molecular flexibility index (Phi) is 14.1. The van der Waals surface area contributed by atoms with E-state index in [2.05, 4.69) is 21.1 Å². The summed E-state index contributed by atoms with van der Waals surface area (Å²) in [6, 6.07) is 9.10. The van der Waals surface area contributed by atoms with Crippen LogP contribution in [0.5, 0.6) is 0 Å². The van der Waals surface area contributed by atoms with Crippen molar-refractivity contribution in [3.8, 4) is 6.07 Å². The number of benzene rings is 1. The van der Waals surface area contributed by atoms with Crippen LogP contribution in [0.15, 0.2) is 46.5 Å². The molecule has 12 heteroatoms. The number of allylic oxidation sites excluding steroid dienone is 1. The SMILES string of the molecule is COC[C@H](NC(=O)c1cc(C)on1)C(=O)N[C@@H](CCCCN(C)C(=O)C(C#N)=CC(C)C)C(=O)NCc1ccc(C)cc1. The number of ether oxygens (including phenoxy) is 1. The quantitative estimate of drug-likeness (QED) is 0.151. The zero-order chi connectivity index (χ0) is 31.9. The van der Waals surface area contributed by atoms with Crippen molar-refractivity contribution in [3.05, 3.63) is 64.6 Å². The van der Waals surface area contributed by atoms with Crippen LogP contribution in [0.1, 0.15) is 60.5 Å². The van der Waals surface area contributed by atoms with Gasteiger partial charge in [-0.3, -0.25) is 19.2 Å². The number of nitrogens with one attached hydrogen (secondary N) is 3. The number of rotatable bonds is 16.